The first kappa shape index (κ1) is 27.8. The second-order valence-electron chi connectivity index (χ2n) is 7.16. The highest BCUT2D eigenvalue weighted by atomic mass is 127. The van der Waals surface area contributed by atoms with Gasteiger partial charge in [-0.1, -0.05) is 12.1 Å². The average Bonchev–Trinajstić information content (AvgIpc) is 2.73. The molecular formula is C21H33F3IN3O3. The Labute approximate surface area is 199 Å². The summed E-state index contributed by atoms with van der Waals surface area (Å²) in [7, 11) is 0. The van der Waals surface area contributed by atoms with E-state index in [1.54, 1.807) is 18.2 Å². The Morgan fingerprint density at radius 3 is 2.71 bits per heavy atom. The van der Waals surface area contributed by atoms with Crippen molar-refractivity contribution in [3.05, 3.63) is 29.8 Å². The molecule has 0 spiro atoms. The van der Waals surface area contributed by atoms with Crippen LogP contribution in [-0.4, -0.2) is 58.3 Å². The zero-order valence-electron chi connectivity index (χ0n) is 17.9. The van der Waals surface area contributed by atoms with E-state index in [1.165, 1.54) is 6.07 Å². The minimum absolute atomic E-state index is 0. The second kappa shape index (κ2) is 15.5. The molecule has 0 atom stereocenters. The number of rotatable bonds is 11. The quantitative estimate of drug-likeness (QED) is 0.185. The third-order valence-corrected chi connectivity index (χ3v) is 4.52. The fourth-order valence-corrected chi connectivity index (χ4v) is 2.95. The van der Waals surface area contributed by atoms with Crippen LogP contribution in [0.1, 0.15) is 31.7 Å². The molecule has 10 heteroatoms. The Bertz CT molecular complexity index is 642. The molecule has 1 heterocycles. The number of nitrogens with zero attached hydrogens (tertiary/aromatic N) is 1. The minimum atomic E-state index is -4.36. The lowest BCUT2D eigenvalue weighted by atomic mass is 10.0. The molecule has 1 aromatic rings. The fraction of sp³-hybridized carbons (Fsp3) is 0.667. The molecule has 0 bridgehead atoms. The first-order valence-corrected chi connectivity index (χ1v) is 10.4. The standard InChI is InChI=1S/C21H32F3N3O3.HI/c1-2-25-20(26-9-4-10-29-15-17-7-11-28-12-8-17)27-14-18-5-3-6-19(13-18)30-16-21(22,23)24;/h3,5-6,13,17H,2,4,7-12,14-16H2,1H3,(H2,25,26,27);1H. The van der Waals surface area contributed by atoms with Crippen molar-refractivity contribution in [3.8, 4) is 5.75 Å². The van der Waals surface area contributed by atoms with Gasteiger partial charge >= 0.3 is 6.18 Å². The van der Waals surface area contributed by atoms with Crippen LogP contribution in [-0.2, 0) is 16.0 Å². The van der Waals surface area contributed by atoms with Crippen LogP contribution in [0.4, 0.5) is 13.2 Å². The molecule has 2 rings (SSSR count). The van der Waals surface area contributed by atoms with Crippen molar-refractivity contribution < 1.29 is 27.4 Å². The van der Waals surface area contributed by atoms with E-state index in [-0.39, 0.29) is 29.7 Å². The number of halogens is 4. The number of hydrogen-bond acceptors (Lipinski definition) is 4. The number of nitrogens with one attached hydrogen (secondary N) is 2. The average molecular weight is 559 g/mol. The fourth-order valence-electron chi connectivity index (χ4n) is 2.95. The zero-order valence-corrected chi connectivity index (χ0v) is 20.2. The van der Waals surface area contributed by atoms with E-state index < -0.39 is 12.8 Å². The summed E-state index contributed by atoms with van der Waals surface area (Å²) < 4.78 is 52.8. The third kappa shape index (κ3) is 13.0. The number of benzene rings is 1. The Morgan fingerprint density at radius 1 is 1.23 bits per heavy atom. The van der Waals surface area contributed by atoms with Crippen LogP contribution in [0.15, 0.2) is 29.3 Å². The van der Waals surface area contributed by atoms with Crippen LogP contribution in [0, 0.1) is 5.92 Å². The lowest BCUT2D eigenvalue weighted by Crippen LogP contribution is -2.38. The normalized spacial score (nSPS) is 15.3. The Hall–Kier alpha value is -1.27. The van der Waals surface area contributed by atoms with E-state index in [0.717, 1.165) is 44.6 Å². The number of ether oxygens (including phenoxy) is 3. The van der Waals surface area contributed by atoms with Crippen LogP contribution in [0.25, 0.3) is 0 Å². The number of hydrogen-bond donors (Lipinski definition) is 2. The molecule has 1 saturated heterocycles. The molecule has 6 nitrogen and oxygen atoms in total. The predicted octanol–water partition coefficient (Wildman–Crippen LogP) is 4.13. The van der Waals surface area contributed by atoms with Crippen molar-refractivity contribution in [2.24, 2.45) is 10.9 Å². The third-order valence-electron chi connectivity index (χ3n) is 4.52. The van der Waals surface area contributed by atoms with Crippen LogP contribution < -0.4 is 15.4 Å². The summed E-state index contributed by atoms with van der Waals surface area (Å²) in [5.41, 5.74) is 0.770. The predicted molar refractivity (Wildman–Crippen MR) is 125 cm³/mol. The molecule has 0 amide bonds. The maximum absolute atomic E-state index is 12.3. The molecule has 1 aliphatic rings. The molecule has 0 aliphatic carbocycles. The van der Waals surface area contributed by atoms with Gasteiger partial charge in [-0.25, -0.2) is 4.99 Å². The SMILES string of the molecule is CCNC(=NCc1cccc(OCC(F)(F)F)c1)NCCCOCC1CCOCC1.I. The minimum Gasteiger partial charge on any atom is -0.484 e. The highest BCUT2D eigenvalue weighted by Crippen LogP contribution is 2.19. The Kier molecular flexibility index (Phi) is 13.9. The van der Waals surface area contributed by atoms with Gasteiger partial charge in [-0.15, -0.1) is 24.0 Å². The van der Waals surface area contributed by atoms with Gasteiger partial charge in [0.2, 0.25) is 0 Å². The van der Waals surface area contributed by atoms with Gasteiger partial charge in [0.15, 0.2) is 12.6 Å². The van der Waals surface area contributed by atoms with Crippen molar-refractivity contribution in [2.45, 2.75) is 38.9 Å². The molecule has 31 heavy (non-hydrogen) atoms. The van der Waals surface area contributed by atoms with E-state index in [4.69, 9.17) is 14.2 Å². The second-order valence-corrected chi connectivity index (χ2v) is 7.16. The van der Waals surface area contributed by atoms with Crippen LogP contribution in [0.3, 0.4) is 0 Å². The van der Waals surface area contributed by atoms with Gasteiger partial charge < -0.3 is 24.8 Å². The molecule has 0 radical (unpaired) electrons. The number of aliphatic imine (C=N–C) groups is 1. The summed E-state index contributed by atoms with van der Waals surface area (Å²) in [4.78, 5) is 4.49. The van der Waals surface area contributed by atoms with Gasteiger partial charge in [0.05, 0.1) is 6.54 Å². The lowest BCUT2D eigenvalue weighted by molar-refractivity contribution is -0.153. The van der Waals surface area contributed by atoms with E-state index in [1.807, 2.05) is 6.92 Å². The van der Waals surface area contributed by atoms with Gasteiger partial charge in [0, 0.05) is 39.5 Å². The van der Waals surface area contributed by atoms with Crippen LogP contribution >= 0.6 is 24.0 Å². The molecule has 0 aromatic heterocycles. The van der Waals surface area contributed by atoms with Crippen molar-refractivity contribution in [1.29, 1.82) is 0 Å². The molecule has 2 N–H and O–H groups in total. The van der Waals surface area contributed by atoms with Gasteiger partial charge in [-0.2, -0.15) is 13.2 Å². The molecule has 178 valence electrons. The largest absolute Gasteiger partial charge is 0.484 e. The highest BCUT2D eigenvalue weighted by Gasteiger charge is 2.28. The Morgan fingerprint density at radius 2 is 2.00 bits per heavy atom. The first-order valence-electron chi connectivity index (χ1n) is 10.4. The molecule has 0 saturated carbocycles. The summed E-state index contributed by atoms with van der Waals surface area (Å²) in [5, 5.41) is 6.41. The molecule has 1 fully saturated rings. The van der Waals surface area contributed by atoms with Gasteiger partial charge in [0.25, 0.3) is 0 Å². The number of alkyl halides is 3. The first-order chi connectivity index (χ1) is 14.5. The number of guanidine groups is 1. The van der Waals surface area contributed by atoms with Crippen molar-refractivity contribution in [1.82, 2.24) is 10.6 Å². The summed E-state index contributed by atoms with van der Waals surface area (Å²) >= 11 is 0. The lowest BCUT2D eigenvalue weighted by Gasteiger charge is -2.21. The monoisotopic (exact) mass is 559 g/mol. The maximum Gasteiger partial charge on any atom is 0.422 e. The van der Waals surface area contributed by atoms with E-state index in [0.29, 0.717) is 38.1 Å². The summed E-state index contributed by atoms with van der Waals surface area (Å²) in [6, 6.07) is 6.54. The molecule has 0 unspecified atom stereocenters. The Balaban J connectivity index is 0.00000480. The summed E-state index contributed by atoms with van der Waals surface area (Å²) in [6.45, 7) is 5.55. The smallest absolute Gasteiger partial charge is 0.422 e. The molecular weight excluding hydrogens is 526 g/mol. The van der Waals surface area contributed by atoms with E-state index in [2.05, 4.69) is 15.6 Å². The van der Waals surface area contributed by atoms with E-state index >= 15 is 0 Å². The topological polar surface area (TPSA) is 64.1 Å². The highest BCUT2D eigenvalue weighted by molar-refractivity contribution is 14.0. The summed E-state index contributed by atoms with van der Waals surface area (Å²) in [5.74, 6) is 1.43. The van der Waals surface area contributed by atoms with Gasteiger partial charge in [0.1, 0.15) is 5.75 Å². The van der Waals surface area contributed by atoms with Gasteiger partial charge in [-0.3, -0.25) is 0 Å². The zero-order chi connectivity index (χ0) is 21.7. The van der Waals surface area contributed by atoms with Gasteiger partial charge in [-0.05, 0) is 49.8 Å². The van der Waals surface area contributed by atoms with Crippen LogP contribution in [0.5, 0.6) is 5.75 Å². The van der Waals surface area contributed by atoms with Crippen molar-refractivity contribution in [2.75, 3.05) is 46.1 Å². The molecule has 1 aromatic carbocycles. The summed E-state index contributed by atoms with van der Waals surface area (Å²) in [6.07, 6.45) is -1.37. The van der Waals surface area contributed by atoms with Crippen LogP contribution in [0.2, 0.25) is 0 Å². The molecule has 1 aliphatic heterocycles. The van der Waals surface area contributed by atoms with Crippen molar-refractivity contribution in [3.63, 3.8) is 0 Å². The maximum atomic E-state index is 12.3. The van der Waals surface area contributed by atoms with Crippen molar-refractivity contribution >= 4 is 29.9 Å². The van der Waals surface area contributed by atoms with E-state index in [9.17, 15) is 13.2 Å².